The van der Waals surface area contributed by atoms with Gasteiger partial charge in [0.1, 0.15) is 19.5 Å². The second kappa shape index (κ2) is 8.22. The summed E-state index contributed by atoms with van der Waals surface area (Å²) in [6, 6.07) is 8.17. The molecule has 1 saturated heterocycles. The van der Waals surface area contributed by atoms with Gasteiger partial charge in [0.05, 0.1) is 5.69 Å². The average molecular weight is 395 g/mol. The van der Waals surface area contributed by atoms with Crippen LogP contribution in [0.3, 0.4) is 0 Å². The van der Waals surface area contributed by atoms with E-state index in [9.17, 15) is 9.18 Å². The van der Waals surface area contributed by atoms with E-state index in [4.69, 9.17) is 7.85 Å². The first-order valence-electron chi connectivity index (χ1n) is 9.12. The monoisotopic (exact) mass is 395 g/mol. The molecule has 142 valence electrons. The number of rotatable bonds is 5. The van der Waals surface area contributed by atoms with Crippen LogP contribution in [0.4, 0.5) is 10.2 Å². The van der Waals surface area contributed by atoms with E-state index < -0.39 is 0 Å². The van der Waals surface area contributed by atoms with E-state index in [-0.39, 0.29) is 11.7 Å². The van der Waals surface area contributed by atoms with Gasteiger partial charge in [0.2, 0.25) is 5.91 Å². The van der Waals surface area contributed by atoms with Gasteiger partial charge in [-0.05, 0) is 17.6 Å². The number of carbonyl (C=O) groups excluding carboxylic acids is 1. The third-order valence-corrected chi connectivity index (χ3v) is 5.60. The van der Waals surface area contributed by atoms with Gasteiger partial charge in [0.25, 0.3) is 0 Å². The largest absolute Gasteiger partial charge is 0.369 e. The third kappa shape index (κ3) is 3.85. The van der Waals surface area contributed by atoms with Crippen LogP contribution in [0.15, 0.2) is 36.5 Å². The molecule has 0 bridgehead atoms. The topological polar surface area (TPSA) is 62.5 Å². The maximum absolute atomic E-state index is 14.2. The minimum absolute atomic E-state index is 0.132. The van der Waals surface area contributed by atoms with Crippen molar-refractivity contribution in [2.24, 2.45) is 0 Å². The van der Waals surface area contributed by atoms with E-state index in [1.165, 1.54) is 12.3 Å². The zero-order valence-corrected chi connectivity index (χ0v) is 16.1. The van der Waals surface area contributed by atoms with Crippen LogP contribution in [-0.2, 0) is 4.79 Å². The van der Waals surface area contributed by atoms with Crippen molar-refractivity contribution in [2.45, 2.75) is 6.42 Å². The maximum atomic E-state index is 14.2. The number of thioether (sulfide) groups is 1. The lowest BCUT2D eigenvalue weighted by molar-refractivity contribution is -0.130. The van der Waals surface area contributed by atoms with Gasteiger partial charge in [0, 0.05) is 55.4 Å². The molecule has 1 aliphatic heterocycles. The van der Waals surface area contributed by atoms with Crippen LogP contribution in [0.2, 0.25) is 0 Å². The van der Waals surface area contributed by atoms with Gasteiger partial charge >= 0.3 is 0 Å². The molecule has 4 rings (SSSR count). The summed E-state index contributed by atoms with van der Waals surface area (Å²) in [5.41, 5.74) is 1.70. The zero-order chi connectivity index (χ0) is 19.5. The molecule has 1 N–H and O–H groups in total. The van der Waals surface area contributed by atoms with Crippen LogP contribution in [0.25, 0.3) is 16.9 Å². The van der Waals surface area contributed by atoms with E-state index in [2.05, 4.69) is 15.4 Å². The summed E-state index contributed by atoms with van der Waals surface area (Å²) in [4.78, 5) is 18.7. The average Bonchev–Trinajstić information content (AvgIpc) is 3.10. The number of hydrogen-bond donors (Lipinski definition) is 1. The molecule has 3 heterocycles. The van der Waals surface area contributed by atoms with Crippen LogP contribution >= 0.6 is 11.8 Å². The summed E-state index contributed by atoms with van der Waals surface area (Å²) < 4.78 is 15.8. The van der Waals surface area contributed by atoms with E-state index >= 15 is 0 Å². The van der Waals surface area contributed by atoms with Crippen molar-refractivity contribution in [2.75, 3.05) is 36.5 Å². The molecule has 1 aliphatic rings. The van der Waals surface area contributed by atoms with Gasteiger partial charge in [-0.15, -0.1) is 0 Å². The molecule has 1 fully saturated rings. The first-order chi connectivity index (χ1) is 13.6. The highest BCUT2D eigenvalue weighted by Crippen LogP contribution is 2.24. The van der Waals surface area contributed by atoms with Crippen molar-refractivity contribution in [1.82, 2.24) is 19.5 Å². The molecule has 6 nitrogen and oxygen atoms in total. The number of anilines is 1. The predicted octanol–water partition coefficient (Wildman–Crippen LogP) is 1.71. The molecule has 1 amide bonds. The molecule has 2 radical (unpaired) electrons. The Bertz CT molecular complexity index is 1010. The number of fused-ring (bicyclic) bond motifs is 1. The number of hydrogen-bond acceptors (Lipinski definition) is 5. The Labute approximate surface area is 167 Å². The van der Waals surface area contributed by atoms with Gasteiger partial charge in [-0.1, -0.05) is 12.1 Å². The van der Waals surface area contributed by atoms with E-state index in [1.807, 2.05) is 16.7 Å². The zero-order valence-electron chi connectivity index (χ0n) is 15.3. The first kappa shape index (κ1) is 18.8. The summed E-state index contributed by atoms with van der Waals surface area (Å²) in [5, 5.41) is 7.47. The van der Waals surface area contributed by atoms with Crippen molar-refractivity contribution >= 4 is 42.4 Å². The lowest BCUT2D eigenvalue weighted by Crippen LogP contribution is -2.38. The molecule has 0 spiro atoms. The van der Waals surface area contributed by atoms with E-state index in [0.717, 1.165) is 24.6 Å². The molecule has 2 aromatic heterocycles. The Morgan fingerprint density at radius 3 is 2.86 bits per heavy atom. The summed E-state index contributed by atoms with van der Waals surface area (Å²) >= 11 is 1.87. The van der Waals surface area contributed by atoms with E-state index in [0.29, 0.717) is 41.2 Å². The molecule has 0 atom stereocenters. The van der Waals surface area contributed by atoms with Gasteiger partial charge in [0.15, 0.2) is 5.65 Å². The standard InChI is InChI=1S/C19H19BFN5OS/c20-14-12-23-26-17(22-6-5-18(27)25-7-9-28-10-8-25)11-16(24-19(14)26)13-3-1-2-4-15(13)21/h1-4,11-12,22H,5-10H2. The highest BCUT2D eigenvalue weighted by atomic mass is 32.2. The van der Waals surface area contributed by atoms with E-state index in [1.54, 1.807) is 28.8 Å². The smallest absolute Gasteiger partial charge is 0.224 e. The third-order valence-electron chi connectivity index (χ3n) is 4.66. The summed E-state index contributed by atoms with van der Waals surface area (Å²) in [6.07, 6.45) is 1.88. The Kier molecular flexibility index (Phi) is 5.52. The second-order valence-corrected chi connectivity index (χ2v) is 7.74. The molecule has 28 heavy (non-hydrogen) atoms. The molecule has 0 saturated carbocycles. The lowest BCUT2D eigenvalue weighted by Gasteiger charge is -2.26. The highest BCUT2D eigenvalue weighted by Gasteiger charge is 2.17. The number of aromatic nitrogens is 3. The normalized spacial score (nSPS) is 14.4. The number of carbonyl (C=O) groups is 1. The molecule has 0 unspecified atom stereocenters. The lowest BCUT2D eigenvalue weighted by atomic mass is 10.0. The summed E-state index contributed by atoms with van der Waals surface area (Å²) in [7, 11) is 5.97. The van der Waals surface area contributed by atoms with Crippen LogP contribution in [0, 0.1) is 5.82 Å². The molecule has 3 aromatic rings. The molecule has 0 aliphatic carbocycles. The fraction of sp³-hybridized carbons (Fsp3) is 0.316. The minimum atomic E-state index is -0.360. The SMILES string of the molecule is [B]c1cnn2c(NCCC(=O)N3CCSCC3)cc(-c3ccccc3F)nc12. The van der Waals surface area contributed by atoms with Crippen molar-refractivity contribution in [3.8, 4) is 11.3 Å². The van der Waals surface area contributed by atoms with Crippen molar-refractivity contribution in [1.29, 1.82) is 0 Å². The van der Waals surface area contributed by atoms with Crippen LogP contribution in [0.1, 0.15) is 6.42 Å². The molecule has 9 heteroatoms. The van der Waals surface area contributed by atoms with Gasteiger partial charge in [-0.25, -0.2) is 9.37 Å². The van der Waals surface area contributed by atoms with Crippen LogP contribution in [-0.4, -0.2) is 64.4 Å². The number of amides is 1. The number of halogens is 1. The second-order valence-electron chi connectivity index (χ2n) is 6.51. The highest BCUT2D eigenvalue weighted by molar-refractivity contribution is 7.99. The molecular formula is C19H19BFN5OS. The van der Waals surface area contributed by atoms with Gasteiger partial charge < -0.3 is 10.2 Å². The Morgan fingerprint density at radius 1 is 1.29 bits per heavy atom. The van der Waals surface area contributed by atoms with Crippen LogP contribution < -0.4 is 10.8 Å². The van der Waals surface area contributed by atoms with Gasteiger partial charge in [-0.3, -0.25) is 4.79 Å². The Hall–Kier alpha value is -2.55. The van der Waals surface area contributed by atoms with Crippen LogP contribution in [0.5, 0.6) is 0 Å². The number of benzene rings is 1. The summed E-state index contributed by atoms with van der Waals surface area (Å²) in [6.45, 7) is 2.05. The Balaban J connectivity index is 1.56. The fourth-order valence-electron chi connectivity index (χ4n) is 3.18. The maximum Gasteiger partial charge on any atom is 0.224 e. The first-order valence-corrected chi connectivity index (χ1v) is 10.3. The quantitative estimate of drug-likeness (QED) is 0.667. The summed E-state index contributed by atoms with van der Waals surface area (Å²) in [5.74, 6) is 2.36. The van der Waals surface area contributed by atoms with Crippen molar-refractivity contribution < 1.29 is 9.18 Å². The van der Waals surface area contributed by atoms with Gasteiger partial charge in [-0.2, -0.15) is 21.4 Å². The number of nitrogens with zero attached hydrogens (tertiary/aromatic N) is 4. The Morgan fingerprint density at radius 2 is 2.07 bits per heavy atom. The fourth-order valence-corrected chi connectivity index (χ4v) is 4.08. The van der Waals surface area contributed by atoms with Crippen molar-refractivity contribution in [3.63, 3.8) is 0 Å². The predicted molar refractivity (Wildman–Crippen MR) is 111 cm³/mol. The van der Waals surface area contributed by atoms with Crippen molar-refractivity contribution in [3.05, 3.63) is 42.3 Å². The number of nitrogens with one attached hydrogen (secondary N) is 1. The molecular weight excluding hydrogens is 376 g/mol. The molecule has 1 aromatic carbocycles. The minimum Gasteiger partial charge on any atom is -0.369 e.